The van der Waals surface area contributed by atoms with Crippen molar-refractivity contribution in [1.29, 1.82) is 0 Å². The number of para-hydroxylation sites is 1. The lowest BCUT2D eigenvalue weighted by Gasteiger charge is -2.14. The van der Waals surface area contributed by atoms with Gasteiger partial charge in [-0.2, -0.15) is 8.78 Å². The maximum Gasteiger partial charge on any atom is 0.387 e. The van der Waals surface area contributed by atoms with E-state index in [0.717, 1.165) is 0 Å². The topological polar surface area (TPSA) is 61.0 Å². The van der Waals surface area contributed by atoms with Crippen LogP contribution in [0.25, 0.3) is 11.4 Å². The number of nitrogen functional groups attached to an aromatic ring is 1. The fraction of sp³-hybridized carbons (Fsp3) is 0.286. The highest BCUT2D eigenvalue weighted by Gasteiger charge is 2.17. The minimum absolute atomic E-state index is 0.0175. The van der Waals surface area contributed by atoms with Crippen molar-refractivity contribution >= 4 is 21.7 Å². The molecule has 21 heavy (non-hydrogen) atoms. The number of nitrogens with two attached hydrogens (primary N) is 1. The number of rotatable bonds is 4. The molecule has 2 rings (SSSR count). The molecule has 7 heteroatoms. The predicted octanol–water partition coefficient (Wildman–Crippen LogP) is 4.21. The summed E-state index contributed by atoms with van der Waals surface area (Å²) in [4.78, 5) is 8.56. The zero-order valence-corrected chi connectivity index (χ0v) is 13.1. The van der Waals surface area contributed by atoms with Gasteiger partial charge in [0.15, 0.2) is 5.82 Å². The first-order chi connectivity index (χ1) is 9.90. The first-order valence-electron chi connectivity index (χ1n) is 6.27. The summed E-state index contributed by atoms with van der Waals surface area (Å²) < 4.78 is 30.1. The van der Waals surface area contributed by atoms with Crippen molar-refractivity contribution in [3.05, 3.63) is 34.4 Å². The first kappa shape index (κ1) is 15.6. The third kappa shape index (κ3) is 3.47. The Morgan fingerprint density at radius 2 is 1.86 bits per heavy atom. The second-order valence-electron chi connectivity index (χ2n) is 4.66. The molecule has 0 aliphatic carbocycles. The van der Waals surface area contributed by atoms with Gasteiger partial charge in [0, 0.05) is 0 Å². The second kappa shape index (κ2) is 6.34. The SMILES string of the molecule is CC(C)c1nc(-c2ccccc2OC(F)F)nc(N)c1Br. The van der Waals surface area contributed by atoms with Gasteiger partial charge < -0.3 is 10.5 Å². The Hall–Kier alpha value is -1.76. The summed E-state index contributed by atoms with van der Waals surface area (Å²) in [5, 5.41) is 0. The maximum absolute atomic E-state index is 12.5. The molecule has 0 bridgehead atoms. The van der Waals surface area contributed by atoms with Crippen LogP contribution in [0, 0.1) is 0 Å². The van der Waals surface area contributed by atoms with Gasteiger partial charge in [0.25, 0.3) is 0 Å². The Bertz CT molecular complexity index is 650. The molecule has 0 saturated heterocycles. The third-order valence-electron chi connectivity index (χ3n) is 2.79. The van der Waals surface area contributed by atoms with E-state index in [1.807, 2.05) is 13.8 Å². The number of benzene rings is 1. The molecule has 1 aromatic heterocycles. The zero-order valence-electron chi connectivity index (χ0n) is 11.5. The summed E-state index contributed by atoms with van der Waals surface area (Å²) in [5.41, 5.74) is 6.95. The Morgan fingerprint density at radius 1 is 1.19 bits per heavy atom. The molecule has 0 unspecified atom stereocenters. The van der Waals surface area contributed by atoms with Gasteiger partial charge in [-0.05, 0) is 34.0 Å². The number of alkyl halides is 2. The lowest BCUT2D eigenvalue weighted by Crippen LogP contribution is -2.07. The van der Waals surface area contributed by atoms with Crippen LogP contribution in [0.4, 0.5) is 14.6 Å². The van der Waals surface area contributed by atoms with Gasteiger partial charge >= 0.3 is 6.61 Å². The van der Waals surface area contributed by atoms with Crippen LogP contribution in [0.5, 0.6) is 5.75 Å². The summed E-state index contributed by atoms with van der Waals surface area (Å²) in [7, 11) is 0. The highest BCUT2D eigenvalue weighted by Crippen LogP contribution is 2.33. The number of aromatic nitrogens is 2. The molecule has 0 fully saturated rings. The number of ether oxygens (including phenoxy) is 1. The van der Waals surface area contributed by atoms with Crippen LogP contribution in [-0.2, 0) is 0 Å². The van der Waals surface area contributed by atoms with Crippen LogP contribution in [0.15, 0.2) is 28.7 Å². The van der Waals surface area contributed by atoms with Gasteiger partial charge in [-0.3, -0.25) is 0 Å². The first-order valence-corrected chi connectivity index (χ1v) is 7.06. The molecule has 1 aromatic carbocycles. The van der Waals surface area contributed by atoms with E-state index in [-0.39, 0.29) is 23.3 Å². The van der Waals surface area contributed by atoms with Crippen LogP contribution in [0.2, 0.25) is 0 Å². The summed E-state index contributed by atoms with van der Waals surface area (Å²) in [6, 6.07) is 6.36. The number of hydrogen-bond acceptors (Lipinski definition) is 4. The fourth-order valence-electron chi connectivity index (χ4n) is 1.84. The van der Waals surface area contributed by atoms with E-state index in [0.29, 0.717) is 15.7 Å². The van der Waals surface area contributed by atoms with Gasteiger partial charge in [0.05, 0.1) is 15.7 Å². The van der Waals surface area contributed by atoms with Gasteiger partial charge in [-0.25, -0.2) is 9.97 Å². The molecule has 4 nitrogen and oxygen atoms in total. The van der Waals surface area contributed by atoms with E-state index in [2.05, 4.69) is 30.6 Å². The van der Waals surface area contributed by atoms with Crippen LogP contribution >= 0.6 is 15.9 Å². The molecule has 0 spiro atoms. The van der Waals surface area contributed by atoms with Gasteiger partial charge in [0.2, 0.25) is 0 Å². The summed E-state index contributed by atoms with van der Waals surface area (Å²) >= 11 is 3.35. The van der Waals surface area contributed by atoms with E-state index in [1.165, 1.54) is 6.07 Å². The molecule has 0 saturated carbocycles. The van der Waals surface area contributed by atoms with Crippen molar-refractivity contribution in [3.8, 4) is 17.1 Å². The van der Waals surface area contributed by atoms with Gasteiger partial charge in [-0.15, -0.1) is 0 Å². The van der Waals surface area contributed by atoms with E-state index in [9.17, 15) is 8.78 Å². The van der Waals surface area contributed by atoms with Crippen molar-refractivity contribution in [2.45, 2.75) is 26.4 Å². The van der Waals surface area contributed by atoms with Crippen molar-refractivity contribution < 1.29 is 13.5 Å². The maximum atomic E-state index is 12.5. The van der Waals surface area contributed by atoms with Gasteiger partial charge in [-0.1, -0.05) is 26.0 Å². The molecule has 0 aliphatic rings. The highest BCUT2D eigenvalue weighted by atomic mass is 79.9. The number of anilines is 1. The molecule has 0 atom stereocenters. The van der Waals surface area contributed by atoms with E-state index >= 15 is 0 Å². The highest BCUT2D eigenvalue weighted by molar-refractivity contribution is 9.10. The Morgan fingerprint density at radius 3 is 2.48 bits per heavy atom. The molecule has 112 valence electrons. The lowest BCUT2D eigenvalue weighted by atomic mass is 10.1. The Balaban J connectivity index is 2.57. The lowest BCUT2D eigenvalue weighted by molar-refractivity contribution is -0.0494. The largest absolute Gasteiger partial charge is 0.434 e. The quantitative estimate of drug-likeness (QED) is 0.889. The van der Waals surface area contributed by atoms with Crippen LogP contribution in [-0.4, -0.2) is 16.6 Å². The third-order valence-corrected chi connectivity index (χ3v) is 3.61. The fourth-order valence-corrected chi connectivity index (χ4v) is 2.47. The summed E-state index contributed by atoms with van der Waals surface area (Å²) in [6.45, 7) is 0.999. The minimum Gasteiger partial charge on any atom is -0.434 e. The number of nitrogens with zero attached hydrogens (tertiary/aromatic N) is 2. The van der Waals surface area contributed by atoms with E-state index in [1.54, 1.807) is 18.2 Å². The number of hydrogen-bond donors (Lipinski definition) is 1. The zero-order chi connectivity index (χ0) is 15.6. The smallest absolute Gasteiger partial charge is 0.387 e. The average Bonchev–Trinajstić information content (AvgIpc) is 2.41. The molecule has 0 aliphatic heterocycles. The summed E-state index contributed by atoms with van der Waals surface area (Å²) in [5.74, 6) is 0.640. The number of halogens is 3. The average molecular weight is 358 g/mol. The van der Waals surface area contributed by atoms with Crippen LogP contribution in [0.3, 0.4) is 0 Å². The normalized spacial score (nSPS) is 11.2. The molecule has 0 amide bonds. The van der Waals surface area contributed by atoms with E-state index < -0.39 is 6.61 Å². The Kier molecular flexibility index (Phi) is 4.72. The van der Waals surface area contributed by atoms with E-state index in [4.69, 9.17) is 5.73 Å². The minimum atomic E-state index is -2.91. The van der Waals surface area contributed by atoms with Crippen molar-refractivity contribution in [3.63, 3.8) is 0 Å². The molecule has 2 aromatic rings. The standard InChI is InChI=1S/C14H14BrF2N3O/c1-7(2)11-10(15)12(18)20-13(19-11)8-5-3-4-6-9(8)21-14(16)17/h3-7,14H,1-2H3,(H2,18,19,20). The van der Waals surface area contributed by atoms with Gasteiger partial charge in [0.1, 0.15) is 11.6 Å². The molecular formula is C14H14BrF2N3O. The van der Waals surface area contributed by atoms with Crippen LogP contribution < -0.4 is 10.5 Å². The molecular weight excluding hydrogens is 344 g/mol. The molecule has 0 radical (unpaired) electrons. The molecule has 2 N–H and O–H groups in total. The van der Waals surface area contributed by atoms with Crippen LogP contribution in [0.1, 0.15) is 25.5 Å². The van der Waals surface area contributed by atoms with Crippen molar-refractivity contribution in [2.75, 3.05) is 5.73 Å². The predicted molar refractivity (Wildman–Crippen MR) is 80.3 cm³/mol. The van der Waals surface area contributed by atoms with Crippen molar-refractivity contribution in [1.82, 2.24) is 9.97 Å². The molecule has 1 heterocycles. The Labute approximate surface area is 129 Å². The second-order valence-corrected chi connectivity index (χ2v) is 5.45. The van der Waals surface area contributed by atoms with Crippen molar-refractivity contribution in [2.24, 2.45) is 0 Å². The summed E-state index contributed by atoms with van der Waals surface area (Å²) in [6.07, 6.45) is 0. The monoisotopic (exact) mass is 357 g/mol.